The topological polar surface area (TPSA) is 21.3 Å². The van der Waals surface area contributed by atoms with Crippen molar-refractivity contribution in [3.05, 3.63) is 0 Å². The summed E-state index contributed by atoms with van der Waals surface area (Å²) in [6.45, 7) is 5.47. The average Bonchev–Trinajstić information content (AvgIpc) is 2.64. The first-order chi connectivity index (χ1) is 6.74. The standard InChI is InChI=1S/C12H25NO/c1-10(2)12(8-9-14-3)13-11-6-4-5-7-11/h10-13H,4-9H2,1-3H3. The fraction of sp³-hybridized carbons (Fsp3) is 1.00. The fourth-order valence-corrected chi connectivity index (χ4v) is 2.25. The van der Waals surface area contributed by atoms with E-state index in [1.54, 1.807) is 7.11 Å². The van der Waals surface area contributed by atoms with E-state index in [-0.39, 0.29) is 0 Å². The predicted molar refractivity (Wildman–Crippen MR) is 60.5 cm³/mol. The van der Waals surface area contributed by atoms with Crippen LogP contribution >= 0.6 is 0 Å². The molecular weight excluding hydrogens is 174 g/mol. The molecule has 2 heteroatoms. The minimum atomic E-state index is 0.637. The number of nitrogens with one attached hydrogen (secondary N) is 1. The first-order valence-electron chi connectivity index (χ1n) is 5.99. The quantitative estimate of drug-likeness (QED) is 0.710. The fourth-order valence-electron chi connectivity index (χ4n) is 2.25. The molecule has 1 rings (SSSR count). The first kappa shape index (κ1) is 12.0. The van der Waals surface area contributed by atoms with Gasteiger partial charge in [-0.1, -0.05) is 26.7 Å². The van der Waals surface area contributed by atoms with E-state index in [2.05, 4.69) is 19.2 Å². The molecule has 1 fully saturated rings. The summed E-state index contributed by atoms with van der Waals surface area (Å²) in [4.78, 5) is 0. The molecule has 0 aliphatic heterocycles. The molecule has 14 heavy (non-hydrogen) atoms. The lowest BCUT2D eigenvalue weighted by Gasteiger charge is -2.26. The van der Waals surface area contributed by atoms with Crippen molar-refractivity contribution in [2.75, 3.05) is 13.7 Å². The van der Waals surface area contributed by atoms with Gasteiger partial charge in [0.15, 0.2) is 0 Å². The monoisotopic (exact) mass is 199 g/mol. The highest BCUT2D eigenvalue weighted by Crippen LogP contribution is 2.20. The predicted octanol–water partition coefficient (Wildman–Crippen LogP) is 2.58. The molecule has 0 bridgehead atoms. The Kier molecular flexibility index (Phi) is 5.49. The van der Waals surface area contributed by atoms with Crippen molar-refractivity contribution in [2.24, 2.45) is 5.92 Å². The molecule has 0 spiro atoms. The van der Waals surface area contributed by atoms with Crippen LogP contribution in [0.2, 0.25) is 0 Å². The Bertz CT molecular complexity index is 141. The maximum Gasteiger partial charge on any atom is 0.0477 e. The van der Waals surface area contributed by atoms with Crippen LogP contribution in [0.1, 0.15) is 46.0 Å². The molecule has 2 nitrogen and oxygen atoms in total. The molecule has 0 aromatic rings. The molecule has 1 atom stereocenters. The van der Waals surface area contributed by atoms with Crippen molar-refractivity contribution < 1.29 is 4.74 Å². The summed E-state index contributed by atoms with van der Waals surface area (Å²) < 4.78 is 5.15. The van der Waals surface area contributed by atoms with Crippen molar-refractivity contribution in [2.45, 2.75) is 58.0 Å². The SMILES string of the molecule is COCCC(NC1CCCC1)C(C)C. The van der Waals surface area contributed by atoms with E-state index < -0.39 is 0 Å². The van der Waals surface area contributed by atoms with Gasteiger partial charge in [0.25, 0.3) is 0 Å². The molecule has 1 unspecified atom stereocenters. The highest BCUT2D eigenvalue weighted by atomic mass is 16.5. The molecule has 0 saturated heterocycles. The third kappa shape index (κ3) is 3.97. The summed E-state index contributed by atoms with van der Waals surface area (Å²) >= 11 is 0. The van der Waals surface area contributed by atoms with Gasteiger partial charge in [0.05, 0.1) is 0 Å². The molecular formula is C12H25NO. The Morgan fingerprint density at radius 1 is 1.29 bits per heavy atom. The van der Waals surface area contributed by atoms with Crippen LogP contribution in [-0.2, 0) is 4.74 Å². The van der Waals surface area contributed by atoms with E-state index in [0.29, 0.717) is 12.0 Å². The molecule has 0 heterocycles. The molecule has 1 aliphatic carbocycles. The second-order valence-electron chi connectivity index (χ2n) is 4.78. The van der Waals surface area contributed by atoms with E-state index in [1.807, 2.05) is 0 Å². The van der Waals surface area contributed by atoms with E-state index in [4.69, 9.17) is 4.74 Å². The summed E-state index contributed by atoms with van der Waals surface area (Å²) in [5.41, 5.74) is 0. The molecule has 1 N–H and O–H groups in total. The zero-order chi connectivity index (χ0) is 10.4. The van der Waals surface area contributed by atoms with Gasteiger partial charge in [0.2, 0.25) is 0 Å². The van der Waals surface area contributed by atoms with Gasteiger partial charge in [-0.25, -0.2) is 0 Å². The largest absolute Gasteiger partial charge is 0.385 e. The van der Waals surface area contributed by atoms with Crippen LogP contribution in [0.25, 0.3) is 0 Å². The molecule has 0 amide bonds. The lowest BCUT2D eigenvalue weighted by molar-refractivity contribution is 0.170. The van der Waals surface area contributed by atoms with E-state index in [9.17, 15) is 0 Å². The molecule has 0 radical (unpaired) electrons. The smallest absolute Gasteiger partial charge is 0.0477 e. The Labute approximate surface area is 88.4 Å². The van der Waals surface area contributed by atoms with Crippen molar-refractivity contribution in [1.29, 1.82) is 0 Å². The third-order valence-electron chi connectivity index (χ3n) is 3.24. The molecule has 84 valence electrons. The minimum Gasteiger partial charge on any atom is -0.385 e. The maximum atomic E-state index is 5.15. The number of ether oxygens (including phenoxy) is 1. The first-order valence-corrected chi connectivity index (χ1v) is 5.99. The van der Waals surface area contributed by atoms with E-state index >= 15 is 0 Å². The maximum absolute atomic E-state index is 5.15. The Hall–Kier alpha value is -0.0800. The van der Waals surface area contributed by atoms with Crippen LogP contribution in [0.15, 0.2) is 0 Å². The Balaban J connectivity index is 2.26. The van der Waals surface area contributed by atoms with Gasteiger partial charge in [0, 0.05) is 25.8 Å². The highest BCUT2D eigenvalue weighted by molar-refractivity contribution is 4.80. The summed E-state index contributed by atoms with van der Waals surface area (Å²) in [6, 6.07) is 1.41. The van der Waals surface area contributed by atoms with Gasteiger partial charge in [-0.05, 0) is 25.2 Å². The Morgan fingerprint density at radius 3 is 2.43 bits per heavy atom. The molecule has 1 aliphatic rings. The summed E-state index contributed by atoms with van der Waals surface area (Å²) in [5, 5.41) is 3.77. The second kappa shape index (κ2) is 6.41. The Morgan fingerprint density at radius 2 is 1.93 bits per heavy atom. The van der Waals surface area contributed by atoms with Gasteiger partial charge in [-0.15, -0.1) is 0 Å². The van der Waals surface area contributed by atoms with Crippen LogP contribution < -0.4 is 5.32 Å². The van der Waals surface area contributed by atoms with Gasteiger partial charge in [0.1, 0.15) is 0 Å². The van der Waals surface area contributed by atoms with E-state index in [0.717, 1.165) is 19.1 Å². The number of rotatable bonds is 6. The van der Waals surface area contributed by atoms with Gasteiger partial charge in [-0.3, -0.25) is 0 Å². The van der Waals surface area contributed by atoms with Crippen LogP contribution in [-0.4, -0.2) is 25.8 Å². The number of hydrogen-bond acceptors (Lipinski definition) is 2. The summed E-state index contributed by atoms with van der Waals surface area (Å²) in [5.74, 6) is 0.714. The number of hydrogen-bond donors (Lipinski definition) is 1. The van der Waals surface area contributed by atoms with Crippen LogP contribution in [0.5, 0.6) is 0 Å². The lowest BCUT2D eigenvalue weighted by atomic mass is 10.00. The molecule has 0 aromatic heterocycles. The zero-order valence-electron chi connectivity index (χ0n) is 9.88. The minimum absolute atomic E-state index is 0.637. The highest BCUT2D eigenvalue weighted by Gasteiger charge is 2.20. The van der Waals surface area contributed by atoms with Crippen molar-refractivity contribution in [1.82, 2.24) is 5.32 Å². The van der Waals surface area contributed by atoms with Gasteiger partial charge >= 0.3 is 0 Å². The van der Waals surface area contributed by atoms with Gasteiger partial charge < -0.3 is 10.1 Å². The zero-order valence-corrected chi connectivity index (χ0v) is 9.88. The van der Waals surface area contributed by atoms with E-state index in [1.165, 1.54) is 25.7 Å². The normalized spacial score (nSPS) is 20.6. The molecule has 1 saturated carbocycles. The van der Waals surface area contributed by atoms with Crippen LogP contribution in [0.4, 0.5) is 0 Å². The molecule has 0 aromatic carbocycles. The average molecular weight is 199 g/mol. The summed E-state index contributed by atoms with van der Waals surface area (Å²) in [6.07, 6.45) is 6.70. The van der Waals surface area contributed by atoms with Crippen molar-refractivity contribution in [3.63, 3.8) is 0 Å². The van der Waals surface area contributed by atoms with Crippen molar-refractivity contribution in [3.8, 4) is 0 Å². The van der Waals surface area contributed by atoms with Crippen LogP contribution in [0.3, 0.4) is 0 Å². The van der Waals surface area contributed by atoms with Crippen molar-refractivity contribution >= 4 is 0 Å². The van der Waals surface area contributed by atoms with Gasteiger partial charge in [-0.2, -0.15) is 0 Å². The third-order valence-corrected chi connectivity index (χ3v) is 3.24. The lowest BCUT2D eigenvalue weighted by Crippen LogP contribution is -2.40. The number of methoxy groups -OCH3 is 1. The second-order valence-corrected chi connectivity index (χ2v) is 4.78. The summed E-state index contributed by atoms with van der Waals surface area (Å²) in [7, 11) is 1.78. The van der Waals surface area contributed by atoms with Crippen LogP contribution in [0, 0.1) is 5.92 Å².